The van der Waals surface area contributed by atoms with Crippen molar-refractivity contribution in [3.63, 3.8) is 0 Å². The van der Waals surface area contributed by atoms with Gasteiger partial charge in [0, 0.05) is 0 Å². The van der Waals surface area contributed by atoms with Crippen LogP contribution in [0.2, 0.25) is 0 Å². The SMILES string of the molecule is CCCCC1CCC(c2ccc(C3=Cc4cc(F)c(OC(F)(F)F)cc4CC3)cc2)CC1. The lowest BCUT2D eigenvalue weighted by atomic mass is 9.77. The van der Waals surface area contributed by atoms with E-state index < -0.39 is 17.9 Å². The Balaban J connectivity index is 1.44. The van der Waals surface area contributed by atoms with Gasteiger partial charge in [-0.25, -0.2) is 4.39 Å². The number of rotatable bonds is 6. The Labute approximate surface area is 187 Å². The van der Waals surface area contributed by atoms with Gasteiger partial charge >= 0.3 is 6.36 Å². The highest BCUT2D eigenvalue weighted by atomic mass is 19.4. The topological polar surface area (TPSA) is 9.23 Å². The van der Waals surface area contributed by atoms with E-state index in [2.05, 4.69) is 35.9 Å². The van der Waals surface area contributed by atoms with Crippen molar-refractivity contribution in [2.24, 2.45) is 5.92 Å². The van der Waals surface area contributed by atoms with Gasteiger partial charge in [0.1, 0.15) is 0 Å². The van der Waals surface area contributed by atoms with E-state index in [4.69, 9.17) is 0 Å². The van der Waals surface area contributed by atoms with Gasteiger partial charge in [-0.1, -0.05) is 56.5 Å². The Bertz CT molecular complexity index is 951. The van der Waals surface area contributed by atoms with Crippen molar-refractivity contribution in [1.82, 2.24) is 0 Å². The van der Waals surface area contributed by atoms with Crippen LogP contribution in [0.5, 0.6) is 5.75 Å². The highest BCUT2D eigenvalue weighted by Gasteiger charge is 2.33. The first-order valence-corrected chi connectivity index (χ1v) is 11.7. The third-order valence-corrected chi connectivity index (χ3v) is 6.98. The number of halogens is 4. The molecule has 2 aliphatic rings. The smallest absolute Gasteiger partial charge is 0.403 e. The maximum absolute atomic E-state index is 14.1. The summed E-state index contributed by atoms with van der Waals surface area (Å²) in [5, 5.41) is 0. The molecule has 2 aliphatic carbocycles. The molecule has 1 nitrogen and oxygen atoms in total. The van der Waals surface area contributed by atoms with Crippen LogP contribution in [0.1, 0.15) is 86.5 Å². The Hall–Kier alpha value is -2.30. The molecule has 4 rings (SSSR count). The van der Waals surface area contributed by atoms with Gasteiger partial charge < -0.3 is 4.74 Å². The van der Waals surface area contributed by atoms with Crippen LogP contribution in [0, 0.1) is 11.7 Å². The Morgan fingerprint density at radius 2 is 1.69 bits per heavy atom. The van der Waals surface area contributed by atoms with E-state index in [-0.39, 0.29) is 0 Å². The fourth-order valence-corrected chi connectivity index (χ4v) is 5.17. The van der Waals surface area contributed by atoms with Crippen molar-refractivity contribution in [1.29, 1.82) is 0 Å². The van der Waals surface area contributed by atoms with Crippen molar-refractivity contribution in [2.45, 2.75) is 77.0 Å². The van der Waals surface area contributed by atoms with Gasteiger partial charge in [0.05, 0.1) is 0 Å². The Morgan fingerprint density at radius 3 is 2.34 bits per heavy atom. The van der Waals surface area contributed by atoms with E-state index in [1.807, 2.05) is 6.08 Å². The lowest BCUT2D eigenvalue weighted by Crippen LogP contribution is -2.18. The molecule has 2 aromatic carbocycles. The fourth-order valence-electron chi connectivity index (χ4n) is 5.17. The molecular weight excluding hydrogens is 416 g/mol. The molecule has 0 bridgehead atoms. The minimum atomic E-state index is -4.90. The molecule has 0 aliphatic heterocycles. The summed E-state index contributed by atoms with van der Waals surface area (Å²) in [7, 11) is 0. The third-order valence-electron chi connectivity index (χ3n) is 6.98. The predicted octanol–water partition coefficient (Wildman–Crippen LogP) is 8.68. The third kappa shape index (κ3) is 5.54. The normalized spacial score (nSPS) is 21.1. The van der Waals surface area contributed by atoms with Crippen LogP contribution in [0.4, 0.5) is 17.6 Å². The Morgan fingerprint density at radius 1 is 0.969 bits per heavy atom. The van der Waals surface area contributed by atoms with Crippen LogP contribution in [-0.2, 0) is 6.42 Å². The van der Waals surface area contributed by atoms with Gasteiger partial charge in [-0.15, -0.1) is 13.2 Å². The van der Waals surface area contributed by atoms with Gasteiger partial charge in [-0.05, 0) is 90.3 Å². The summed E-state index contributed by atoms with van der Waals surface area (Å²) in [4.78, 5) is 0. The fraction of sp³-hybridized carbons (Fsp3) is 0.481. The number of allylic oxidation sites excluding steroid dienone is 1. The summed E-state index contributed by atoms with van der Waals surface area (Å²) in [6.45, 7) is 2.25. The molecule has 172 valence electrons. The van der Waals surface area contributed by atoms with Crippen molar-refractivity contribution in [3.8, 4) is 5.75 Å². The van der Waals surface area contributed by atoms with Crippen molar-refractivity contribution in [2.75, 3.05) is 0 Å². The zero-order valence-corrected chi connectivity index (χ0v) is 18.5. The number of benzene rings is 2. The lowest BCUT2D eigenvalue weighted by Gasteiger charge is -2.29. The number of alkyl halides is 3. The van der Waals surface area contributed by atoms with E-state index in [1.165, 1.54) is 56.6 Å². The summed E-state index contributed by atoms with van der Waals surface area (Å²) in [5.41, 5.74) is 4.85. The average molecular weight is 447 g/mol. The number of ether oxygens (including phenoxy) is 1. The highest BCUT2D eigenvalue weighted by molar-refractivity contribution is 5.84. The Kier molecular flexibility index (Phi) is 6.92. The molecule has 0 amide bonds. The number of fused-ring (bicyclic) bond motifs is 1. The summed E-state index contributed by atoms with van der Waals surface area (Å²) >= 11 is 0. The first-order valence-electron chi connectivity index (χ1n) is 11.7. The molecule has 0 atom stereocenters. The summed E-state index contributed by atoms with van der Waals surface area (Å²) in [5.74, 6) is -0.241. The van der Waals surface area contributed by atoms with Gasteiger partial charge in [0.15, 0.2) is 11.6 Å². The molecular formula is C27H30F4O. The van der Waals surface area contributed by atoms with E-state index in [1.54, 1.807) is 0 Å². The van der Waals surface area contributed by atoms with Gasteiger partial charge in [-0.3, -0.25) is 0 Å². The second-order valence-corrected chi connectivity index (χ2v) is 9.18. The summed E-state index contributed by atoms with van der Waals surface area (Å²) < 4.78 is 55.4. The quantitative estimate of drug-likeness (QED) is 0.403. The second kappa shape index (κ2) is 9.68. The molecule has 5 heteroatoms. The molecule has 0 aromatic heterocycles. The van der Waals surface area contributed by atoms with Crippen molar-refractivity contribution in [3.05, 3.63) is 64.5 Å². The summed E-state index contributed by atoms with van der Waals surface area (Å²) in [6, 6.07) is 11.0. The molecule has 0 unspecified atom stereocenters. The largest absolute Gasteiger partial charge is 0.573 e. The van der Waals surface area contributed by atoms with Gasteiger partial charge in [0.2, 0.25) is 0 Å². The molecule has 2 aromatic rings. The average Bonchev–Trinajstić information content (AvgIpc) is 2.77. The number of unbranched alkanes of at least 4 members (excludes halogenated alkanes) is 1. The van der Waals surface area contributed by atoms with Crippen molar-refractivity contribution < 1.29 is 22.3 Å². The monoisotopic (exact) mass is 446 g/mol. The second-order valence-electron chi connectivity index (χ2n) is 9.18. The number of hydrogen-bond donors (Lipinski definition) is 0. The van der Waals surface area contributed by atoms with Crippen LogP contribution in [-0.4, -0.2) is 6.36 Å². The molecule has 0 heterocycles. The number of aryl methyl sites for hydroxylation is 1. The summed E-state index contributed by atoms with van der Waals surface area (Å²) in [6.07, 6.45) is 7.36. The van der Waals surface area contributed by atoms with Crippen LogP contribution < -0.4 is 4.74 Å². The maximum Gasteiger partial charge on any atom is 0.573 e. The van der Waals surface area contributed by atoms with Crippen LogP contribution in [0.3, 0.4) is 0 Å². The van der Waals surface area contributed by atoms with E-state index >= 15 is 0 Å². The minimum absolute atomic E-state index is 0.555. The standard InChI is InChI=1S/C27H30F4O/c1-2-3-4-18-5-7-19(8-6-18)20-9-11-21(12-10-20)22-13-14-23-17-26(32-27(29,30)31)25(28)16-24(23)15-22/h9-12,15-19H,2-8,13-14H2,1H3. The van der Waals surface area contributed by atoms with Gasteiger partial charge in [0.25, 0.3) is 0 Å². The van der Waals surface area contributed by atoms with E-state index in [0.717, 1.165) is 23.1 Å². The van der Waals surface area contributed by atoms with Crippen molar-refractivity contribution >= 4 is 11.6 Å². The minimum Gasteiger partial charge on any atom is -0.403 e. The van der Waals surface area contributed by atoms with E-state index in [0.29, 0.717) is 29.9 Å². The first kappa shape index (κ1) is 22.9. The molecule has 1 saturated carbocycles. The zero-order chi connectivity index (χ0) is 22.7. The van der Waals surface area contributed by atoms with E-state index in [9.17, 15) is 17.6 Å². The predicted molar refractivity (Wildman–Crippen MR) is 120 cm³/mol. The van der Waals surface area contributed by atoms with Crippen LogP contribution >= 0.6 is 0 Å². The van der Waals surface area contributed by atoms with Crippen LogP contribution in [0.25, 0.3) is 11.6 Å². The zero-order valence-electron chi connectivity index (χ0n) is 18.5. The number of hydrogen-bond acceptors (Lipinski definition) is 1. The molecule has 1 fully saturated rings. The van der Waals surface area contributed by atoms with Gasteiger partial charge in [-0.2, -0.15) is 0 Å². The molecule has 32 heavy (non-hydrogen) atoms. The van der Waals surface area contributed by atoms with Crippen LogP contribution in [0.15, 0.2) is 36.4 Å². The molecule has 0 N–H and O–H groups in total. The lowest BCUT2D eigenvalue weighted by molar-refractivity contribution is -0.275. The molecule has 0 radical (unpaired) electrons. The maximum atomic E-state index is 14.1. The molecule has 0 spiro atoms. The molecule has 0 saturated heterocycles. The first-order chi connectivity index (χ1) is 15.3. The highest BCUT2D eigenvalue weighted by Crippen LogP contribution is 2.39.